The number of aryl methyl sites for hydroxylation is 1. The average Bonchev–Trinajstić information content (AvgIpc) is 3.30. The average molecular weight is 366 g/mol. The molecule has 2 saturated heterocycles. The Bertz CT molecular complexity index is 832. The number of rotatable bonds is 4. The van der Waals surface area contributed by atoms with Gasteiger partial charge in [0, 0.05) is 38.6 Å². The van der Waals surface area contributed by atoms with Gasteiger partial charge in [0.2, 0.25) is 11.8 Å². The van der Waals surface area contributed by atoms with Crippen molar-refractivity contribution in [2.45, 2.75) is 39.3 Å². The molecular formula is C21H26N4O2. The minimum Gasteiger partial charge on any atom is -0.340 e. The van der Waals surface area contributed by atoms with E-state index in [1.165, 1.54) is 11.1 Å². The smallest absolute Gasteiger partial charge is 0.244 e. The molecule has 0 aliphatic carbocycles. The summed E-state index contributed by atoms with van der Waals surface area (Å²) in [5.41, 5.74) is 1.98. The molecule has 0 bridgehead atoms. The van der Waals surface area contributed by atoms with Crippen LogP contribution >= 0.6 is 0 Å². The van der Waals surface area contributed by atoms with Gasteiger partial charge in [0.15, 0.2) is 0 Å². The van der Waals surface area contributed by atoms with Gasteiger partial charge in [-0.2, -0.15) is 5.10 Å². The zero-order valence-corrected chi connectivity index (χ0v) is 15.8. The van der Waals surface area contributed by atoms with E-state index in [9.17, 15) is 9.59 Å². The summed E-state index contributed by atoms with van der Waals surface area (Å²) in [6.07, 6.45) is 6.10. The first-order valence-corrected chi connectivity index (χ1v) is 9.66. The van der Waals surface area contributed by atoms with E-state index in [0.29, 0.717) is 19.6 Å². The van der Waals surface area contributed by atoms with Crippen molar-refractivity contribution in [3.05, 3.63) is 53.9 Å². The van der Waals surface area contributed by atoms with Crippen LogP contribution in [-0.2, 0) is 22.7 Å². The number of nitrogens with zero attached hydrogens (tertiary/aromatic N) is 4. The molecule has 4 rings (SSSR count). The molecular weight excluding hydrogens is 340 g/mol. The second kappa shape index (κ2) is 7.18. The molecule has 27 heavy (non-hydrogen) atoms. The second-order valence-electron chi connectivity index (χ2n) is 7.87. The van der Waals surface area contributed by atoms with Crippen molar-refractivity contribution < 1.29 is 9.59 Å². The van der Waals surface area contributed by atoms with Crippen LogP contribution in [0.4, 0.5) is 0 Å². The van der Waals surface area contributed by atoms with Gasteiger partial charge in [-0.25, -0.2) is 0 Å². The third-order valence-corrected chi connectivity index (χ3v) is 5.84. The standard InChI is InChI=1S/C21H26N4O2/c1-17-5-2-6-18(13-17)14-23-10-3-7-21(20(23)27)8-12-24(16-21)19(26)15-25-11-4-9-22-25/h2,4-6,9,11,13H,3,7-8,10,12,14-16H2,1H3/t21-/m0/s1. The molecule has 2 aliphatic rings. The van der Waals surface area contributed by atoms with E-state index in [4.69, 9.17) is 0 Å². The van der Waals surface area contributed by atoms with Gasteiger partial charge in [-0.1, -0.05) is 29.8 Å². The number of aromatic nitrogens is 2. The molecule has 3 heterocycles. The maximum absolute atomic E-state index is 13.3. The first kappa shape index (κ1) is 17.8. The van der Waals surface area contributed by atoms with E-state index >= 15 is 0 Å². The second-order valence-corrected chi connectivity index (χ2v) is 7.87. The van der Waals surface area contributed by atoms with E-state index in [0.717, 1.165) is 25.8 Å². The molecule has 2 fully saturated rings. The van der Waals surface area contributed by atoms with E-state index in [-0.39, 0.29) is 18.4 Å². The molecule has 2 amide bonds. The predicted octanol–water partition coefficient (Wildman–Crippen LogP) is 2.23. The fourth-order valence-corrected chi connectivity index (χ4v) is 4.43. The van der Waals surface area contributed by atoms with Crippen molar-refractivity contribution >= 4 is 11.8 Å². The molecule has 1 aromatic carbocycles. The highest BCUT2D eigenvalue weighted by molar-refractivity contribution is 5.86. The highest BCUT2D eigenvalue weighted by atomic mass is 16.2. The van der Waals surface area contributed by atoms with Gasteiger partial charge in [0.05, 0.1) is 5.41 Å². The molecule has 0 saturated carbocycles. The SMILES string of the molecule is Cc1cccc(CN2CCC[C@@]3(CCN(C(=O)Cn4cccn4)C3)C2=O)c1. The van der Waals surface area contributed by atoms with Crippen LogP contribution in [0.3, 0.4) is 0 Å². The van der Waals surface area contributed by atoms with Crippen molar-refractivity contribution in [2.24, 2.45) is 5.41 Å². The van der Waals surface area contributed by atoms with Gasteiger partial charge in [-0.15, -0.1) is 0 Å². The normalized spacial score (nSPS) is 22.6. The van der Waals surface area contributed by atoms with Crippen molar-refractivity contribution in [1.82, 2.24) is 19.6 Å². The quantitative estimate of drug-likeness (QED) is 0.834. The Balaban J connectivity index is 1.43. The summed E-state index contributed by atoms with van der Waals surface area (Å²) in [6.45, 7) is 4.97. The topological polar surface area (TPSA) is 58.4 Å². The van der Waals surface area contributed by atoms with Crippen LogP contribution in [0.2, 0.25) is 0 Å². The van der Waals surface area contributed by atoms with Gasteiger partial charge in [0.1, 0.15) is 6.54 Å². The van der Waals surface area contributed by atoms with Crippen LogP contribution < -0.4 is 0 Å². The van der Waals surface area contributed by atoms with Crippen LogP contribution in [-0.4, -0.2) is 51.0 Å². The third kappa shape index (κ3) is 3.61. The fraction of sp³-hybridized carbons (Fsp3) is 0.476. The van der Waals surface area contributed by atoms with Crippen molar-refractivity contribution in [1.29, 1.82) is 0 Å². The number of amides is 2. The summed E-state index contributed by atoms with van der Waals surface area (Å²) in [5, 5.41) is 4.11. The molecule has 1 aromatic heterocycles. The molecule has 6 heteroatoms. The molecule has 0 radical (unpaired) electrons. The summed E-state index contributed by atoms with van der Waals surface area (Å²) in [5.74, 6) is 0.254. The monoisotopic (exact) mass is 366 g/mol. The third-order valence-electron chi connectivity index (χ3n) is 5.84. The zero-order valence-electron chi connectivity index (χ0n) is 15.8. The molecule has 6 nitrogen and oxygen atoms in total. The van der Waals surface area contributed by atoms with E-state index in [1.54, 1.807) is 17.1 Å². The summed E-state index contributed by atoms with van der Waals surface area (Å²) < 4.78 is 1.64. The molecule has 2 aromatic rings. The Labute approximate surface area is 159 Å². The van der Waals surface area contributed by atoms with Crippen molar-refractivity contribution in [2.75, 3.05) is 19.6 Å². The van der Waals surface area contributed by atoms with Gasteiger partial charge < -0.3 is 9.80 Å². The maximum atomic E-state index is 13.3. The molecule has 0 unspecified atom stereocenters. The van der Waals surface area contributed by atoms with Gasteiger partial charge >= 0.3 is 0 Å². The number of carbonyl (C=O) groups excluding carboxylic acids is 2. The largest absolute Gasteiger partial charge is 0.340 e. The number of benzene rings is 1. The highest BCUT2D eigenvalue weighted by Crippen LogP contribution is 2.40. The lowest BCUT2D eigenvalue weighted by Crippen LogP contribution is -2.50. The summed E-state index contributed by atoms with van der Waals surface area (Å²) >= 11 is 0. The number of hydrogen-bond acceptors (Lipinski definition) is 3. The molecule has 1 spiro atoms. The zero-order chi connectivity index (χ0) is 18.9. The number of hydrogen-bond donors (Lipinski definition) is 0. The van der Waals surface area contributed by atoms with Gasteiger partial charge in [0.25, 0.3) is 0 Å². The lowest BCUT2D eigenvalue weighted by Gasteiger charge is -2.39. The lowest BCUT2D eigenvalue weighted by molar-refractivity contribution is -0.146. The maximum Gasteiger partial charge on any atom is 0.244 e. The van der Waals surface area contributed by atoms with Crippen LogP contribution in [0.25, 0.3) is 0 Å². The van der Waals surface area contributed by atoms with Crippen LogP contribution in [0.15, 0.2) is 42.7 Å². The first-order valence-electron chi connectivity index (χ1n) is 9.66. The van der Waals surface area contributed by atoms with E-state index < -0.39 is 5.41 Å². The molecule has 0 N–H and O–H groups in total. The van der Waals surface area contributed by atoms with Crippen molar-refractivity contribution in [3.8, 4) is 0 Å². The minimum absolute atomic E-state index is 0.0409. The summed E-state index contributed by atoms with van der Waals surface area (Å²) in [4.78, 5) is 29.7. The molecule has 2 aliphatic heterocycles. The lowest BCUT2D eigenvalue weighted by atomic mass is 9.78. The summed E-state index contributed by atoms with van der Waals surface area (Å²) in [7, 11) is 0. The number of piperidine rings is 1. The van der Waals surface area contributed by atoms with Gasteiger partial charge in [-0.3, -0.25) is 14.3 Å². The van der Waals surface area contributed by atoms with Crippen LogP contribution in [0, 0.1) is 12.3 Å². The predicted molar refractivity (Wildman–Crippen MR) is 102 cm³/mol. The van der Waals surface area contributed by atoms with E-state index in [1.807, 2.05) is 21.9 Å². The Hall–Kier alpha value is -2.63. The fourth-order valence-electron chi connectivity index (χ4n) is 4.43. The van der Waals surface area contributed by atoms with Gasteiger partial charge in [-0.05, 0) is 37.8 Å². The molecule has 1 atom stereocenters. The Morgan fingerprint density at radius 2 is 2.11 bits per heavy atom. The van der Waals surface area contributed by atoms with Crippen LogP contribution in [0.5, 0.6) is 0 Å². The number of carbonyl (C=O) groups is 2. The van der Waals surface area contributed by atoms with E-state index in [2.05, 4.69) is 30.2 Å². The highest BCUT2D eigenvalue weighted by Gasteiger charge is 2.49. The Kier molecular flexibility index (Phi) is 4.72. The Morgan fingerprint density at radius 3 is 2.89 bits per heavy atom. The van der Waals surface area contributed by atoms with Crippen molar-refractivity contribution in [3.63, 3.8) is 0 Å². The summed E-state index contributed by atoms with van der Waals surface area (Å²) in [6, 6.07) is 10.1. The van der Waals surface area contributed by atoms with Crippen LogP contribution in [0.1, 0.15) is 30.4 Å². The Morgan fingerprint density at radius 1 is 1.22 bits per heavy atom. The minimum atomic E-state index is -0.401. The first-order chi connectivity index (χ1) is 13.1. The number of likely N-dealkylation sites (tertiary alicyclic amines) is 2. The molecule has 142 valence electrons.